The van der Waals surface area contributed by atoms with Crippen molar-refractivity contribution < 1.29 is 28.2 Å². The van der Waals surface area contributed by atoms with Gasteiger partial charge in [-0.25, -0.2) is 18.2 Å². The van der Waals surface area contributed by atoms with Crippen LogP contribution in [0.3, 0.4) is 0 Å². The highest BCUT2D eigenvalue weighted by Crippen LogP contribution is 2.38. The zero-order valence-electron chi connectivity index (χ0n) is 18.2. The van der Waals surface area contributed by atoms with E-state index in [-0.39, 0.29) is 17.5 Å². The molecule has 2 heterocycles. The number of benzene rings is 1. The fourth-order valence-electron chi connectivity index (χ4n) is 4.38. The standard InChI is InChI=1S/C24H23F3N4O3/c1-11-8-12(9-16(28)23(11)33)13-6-7-29-10-18(13)31-24(34)17-4-2-15(26)22(30-17)20-14(25)3-5-19(32)21(20)27/h2-7,10-12,16,23,32-33H,8-9,28H2,1H3,(H,31,34)/t11?,12-,16-,23-/m1/s1. The number of phenols is 1. The maximum Gasteiger partial charge on any atom is 0.274 e. The number of hydrogen-bond acceptors (Lipinski definition) is 6. The Morgan fingerprint density at radius 3 is 2.59 bits per heavy atom. The Morgan fingerprint density at radius 1 is 1.12 bits per heavy atom. The van der Waals surface area contributed by atoms with Crippen LogP contribution in [0.1, 0.15) is 41.7 Å². The molecule has 1 aliphatic carbocycles. The topological polar surface area (TPSA) is 121 Å². The second-order valence-corrected chi connectivity index (χ2v) is 8.50. The van der Waals surface area contributed by atoms with Crippen molar-refractivity contribution in [2.75, 3.05) is 5.32 Å². The first-order valence-electron chi connectivity index (χ1n) is 10.7. The summed E-state index contributed by atoms with van der Waals surface area (Å²) in [6, 6.07) is 4.85. The van der Waals surface area contributed by atoms with Crippen LogP contribution in [-0.4, -0.2) is 38.2 Å². The summed E-state index contributed by atoms with van der Waals surface area (Å²) in [6.07, 6.45) is 3.57. The second kappa shape index (κ2) is 9.40. The smallest absolute Gasteiger partial charge is 0.274 e. The Hall–Kier alpha value is -3.50. The van der Waals surface area contributed by atoms with Gasteiger partial charge in [0.05, 0.1) is 23.6 Å². The number of carbonyl (C=O) groups excluding carboxylic acids is 1. The number of aliphatic hydroxyl groups is 1. The third-order valence-corrected chi connectivity index (χ3v) is 6.16. The van der Waals surface area contributed by atoms with Crippen molar-refractivity contribution in [3.63, 3.8) is 0 Å². The zero-order valence-corrected chi connectivity index (χ0v) is 18.2. The SMILES string of the molecule is CC1C[C@@H](c2ccncc2NC(=O)c2ccc(F)c(-c3c(F)ccc(O)c3F)n2)C[C@@H](N)[C@@H]1O. The second-order valence-electron chi connectivity index (χ2n) is 8.50. The maximum atomic E-state index is 14.4. The lowest BCUT2D eigenvalue weighted by Crippen LogP contribution is -2.44. The van der Waals surface area contributed by atoms with Gasteiger partial charge in [-0.3, -0.25) is 9.78 Å². The molecule has 7 nitrogen and oxygen atoms in total. The summed E-state index contributed by atoms with van der Waals surface area (Å²) in [7, 11) is 0. The van der Waals surface area contributed by atoms with E-state index < -0.39 is 52.5 Å². The zero-order chi connectivity index (χ0) is 24.6. The number of anilines is 1. The van der Waals surface area contributed by atoms with Crippen molar-refractivity contribution in [1.29, 1.82) is 0 Å². The van der Waals surface area contributed by atoms with Gasteiger partial charge in [-0.05, 0) is 60.6 Å². The molecular formula is C24H23F3N4O3. The molecule has 1 fully saturated rings. The largest absolute Gasteiger partial charge is 0.505 e. The third-order valence-electron chi connectivity index (χ3n) is 6.16. The lowest BCUT2D eigenvalue weighted by atomic mass is 9.74. The summed E-state index contributed by atoms with van der Waals surface area (Å²) in [5, 5.41) is 22.4. The number of rotatable bonds is 4. The number of aliphatic hydroxyl groups excluding tert-OH is 1. The van der Waals surface area contributed by atoms with Crippen LogP contribution in [0.4, 0.5) is 18.9 Å². The van der Waals surface area contributed by atoms with E-state index in [4.69, 9.17) is 5.73 Å². The number of pyridine rings is 2. The normalized spacial score (nSPS) is 22.4. The lowest BCUT2D eigenvalue weighted by molar-refractivity contribution is 0.0521. The van der Waals surface area contributed by atoms with Gasteiger partial charge >= 0.3 is 0 Å². The average molecular weight is 472 g/mol. The number of hydrogen-bond donors (Lipinski definition) is 4. The first-order valence-corrected chi connectivity index (χ1v) is 10.7. The number of carbonyl (C=O) groups is 1. The highest BCUT2D eigenvalue weighted by Gasteiger charge is 2.34. The van der Waals surface area contributed by atoms with Crippen molar-refractivity contribution in [3.05, 3.63) is 71.4 Å². The van der Waals surface area contributed by atoms with Crippen LogP contribution >= 0.6 is 0 Å². The van der Waals surface area contributed by atoms with Crippen molar-refractivity contribution >= 4 is 11.6 Å². The molecule has 0 spiro atoms. The summed E-state index contributed by atoms with van der Waals surface area (Å²) in [5.41, 5.74) is 5.32. The molecule has 3 aromatic rings. The van der Waals surface area contributed by atoms with Gasteiger partial charge in [0.25, 0.3) is 5.91 Å². The van der Waals surface area contributed by atoms with Crippen LogP contribution in [-0.2, 0) is 0 Å². The van der Waals surface area contributed by atoms with E-state index in [9.17, 15) is 28.2 Å². The highest BCUT2D eigenvalue weighted by molar-refractivity contribution is 6.03. The number of amides is 1. The predicted octanol–water partition coefficient (Wildman–Crippen LogP) is 3.72. The summed E-state index contributed by atoms with van der Waals surface area (Å²) in [6.45, 7) is 1.90. The number of nitrogens with zero attached hydrogens (tertiary/aromatic N) is 2. The van der Waals surface area contributed by atoms with E-state index in [0.717, 1.165) is 29.8 Å². The predicted molar refractivity (Wildman–Crippen MR) is 119 cm³/mol. The van der Waals surface area contributed by atoms with Gasteiger partial charge in [-0.2, -0.15) is 0 Å². The molecule has 1 unspecified atom stereocenters. The van der Waals surface area contributed by atoms with E-state index in [2.05, 4.69) is 15.3 Å². The minimum Gasteiger partial charge on any atom is -0.505 e. The molecule has 1 saturated carbocycles. The Morgan fingerprint density at radius 2 is 1.85 bits per heavy atom. The van der Waals surface area contributed by atoms with E-state index in [1.165, 1.54) is 6.20 Å². The Labute approximate surface area is 193 Å². The first-order chi connectivity index (χ1) is 16.2. The van der Waals surface area contributed by atoms with Crippen LogP contribution in [0.15, 0.2) is 42.7 Å². The van der Waals surface area contributed by atoms with Gasteiger partial charge in [0.2, 0.25) is 0 Å². The molecule has 4 atom stereocenters. The van der Waals surface area contributed by atoms with E-state index in [0.29, 0.717) is 18.5 Å². The third kappa shape index (κ3) is 4.46. The van der Waals surface area contributed by atoms with Crippen LogP contribution in [0.25, 0.3) is 11.3 Å². The van der Waals surface area contributed by atoms with Crippen LogP contribution in [0.2, 0.25) is 0 Å². The number of nitrogens with two attached hydrogens (primary N) is 1. The van der Waals surface area contributed by atoms with Crippen molar-refractivity contribution in [3.8, 4) is 17.0 Å². The fraction of sp³-hybridized carbons (Fsp3) is 0.292. The number of aromatic hydroxyl groups is 1. The number of halogens is 3. The maximum absolute atomic E-state index is 14.4. The first kappa shape index (κ1) is 23.7. The van der Waals surface area contributed by atoms with Gasteiger partial charge < -0.3 is 21.3 Å². The van der Waals surface area contributed by atoms with Gasteiger partial charge in [0.15, 0.2) is 11.6 Å². The molecule has 0 radical (unpaired) electrons. The van der Waals surface area contributed by atoms with Gasteiger partial charge in [0, 0.05) is 12.2 Å². The van der Waals surface area contributed by atoms with Crippen molar-refractivity contribution in [1.82, 2.24) is 9.97 Å². The van der Waals surface area contributed by atoms with Gasteiger partial charge in [0.1, 0.15) is 23.0 Å². The number of phenolic OH excluding ortho intramolecular Hbond substituents is 1. The van der Waals surface area contributed by atoms with E-state index in [1.807, 2.05) is 6.92 Å². The van der Waals surface area contributed by atoms with E-state index >= 15 is 0 Å². The molecule has 178 valence electrons. The average Bonchev–Trinajstić information content (AvgIpc) is 2.81. The van der Waals surface area contributed by atoms with Crippen LogP contribution < -0.4 is 11.1 Å². The molecule has 4 rings (SSSR count). The minimum atomic E-state index is -1.39. The number of aromatic nitrogens is 2. The van der Waals surface area contributed by atoms with Crippen LogP contribution in [0, 0.1) is 23.4 Å². The monoisotopic (exact) mass is 472 g/mol. The molecule has 5 N–H and O–H groups in total. The molecular weight excluding hydrogens is 449 g/mol. The summed E-state index contributed by atoms with van der Waals surface area (Å²) in [4.78, 5) is 20.8. The van der Waals surface area contributed by atoms with Gasteiger partial charge in [-0.1, -0.05) is 6.92 Å². The Kier molecular flexibility index (Phi) is 6.54. The summed E-state index contributed by atoms with van der Waals surface area (Å²) >= 11 is 0. The summed E-state index contributed by atoms with van der Waals surface area (Å²) < 4.78 is 43.0. The quantitative estimate of drug-likeness (QED) is 0.459. The molecule has 1 amide bonds. The lowest BCUT2D eigenvalue weighted by Gasteiger charge is -2.36. The molecule has 34 heavy (non-hydrogen) atoms. The Bertz CT molecular complexity index is 1230. The molecule has 0 saturated heterocycles. The Balaban J connectivity index is 1.65. The van der Waals surface area contributed by atoms with Gasteiger partial charge in [-0.15, -0.1) is 0 Å². The number of nitrogens with one attached hydrogen (secondary N) is 1. The van der Waals surface area contributed by atoms with Crippen molar-refractivity contribution in [2.45, 2.75) is 37.8 Å². The molecule has 1 aliphatic rings. The molecule has 10 heteroatoms. The minimum absolute atomic E-state index is 0.0427. The van der Waals surface area contributed by atoms with E-state index in [1.54, 1.807) is 12.3 Å². The van der Waals surface area contributed by atoms with Crippen molar-refractivity contribution in [2.24, 2.45) is 11.7 Å². The summed E-state index contributed by atoms with van der Waals surface area (Å²) in [5.74, 6) is -5.30. The molecule has 2 aromatic heterocycles. The highest BCUT2D eigenvalue weighted by atomic mass is 19.1. The fourth-order valence-corrected chi connectivity index (χ4v) is 4.38. The molecule has 1 aromatic carbocycles. The molecule has 0 aliphatic heterocycles. The van der Waals surface area contributed by atoms with Crippen LogP contribution in [0.5, 0.6) is 5.75 Å². The molecule has 0 bridgehead atoms.